The monoisotopic (exact) mass is 330 g/mol. The number of aromatic nitrogens is 2. The van der Waals surface area contributed by atoms with Crippen molar-refractivity contribution in [2.75, 3.05) is 0 Å². The number of halogens is 1. The molecule has 7 heteroatoms. The molecule has 0 saturated carbocycles. The van der Waals surface area contributed by atoms with Crippen LogP contribution in [0.25, 0.3) is 11.3 Å². The highest BCUT2D eigenvalue weighted by molar-refractivity contribution is 5.74. The van der Waals surface area contributed by atoms with Gasteiger partial charge in [0.05, 0.1) is 5.56 Å². The molecule has 0 saturated heterocycles. The Balaban J connectivity index is 0.00000208. The zero-order valence-electron chi connectivity index (χ0n) is 12.8. The van der Waals surface area contributed by atoms with E-state index in [-0.39, 0.29) is 17.9 Å². The van der Waals surface area contributed by atoms with Crippen molar-refractivity contribution in [3.8, 4) is 17.1 Å². The lowest BCUT2D eigenvalue weighted by Gasteiger charge is -2.06. The smallest absolute Gasteiger partial charge is 0.213 e. The van der Waals surface area contributed by atoms with Gasteiger partial charge >= 0.3 is 0 Å². The minimum atomic E-state index is -0.314. The Labute approximate surface area is 137 Å². The molecule has 2 heterocycles. The van der Waals surface area contributed by atoms with E-state index >= 15 is 0 Å². The molecule has 6 nitrogen and oxygen atoms in total. The third-order valence-electron chi connectivity index (χ3n) is 3.36. The highest BCUT2D eigenvalue weighted by atomic mass is 19.1. The first kappa shape index (κ1) is 17.3. The van der Waals surface area contributed by atoms with E-state index in [9.17, 15) is 9.18 Å². The molecule has 0 atom stereocenters. The number of aryl methyl sites for hydroxylation is 1. The predicted molar refractivity (Wildman–Crippen MR) is 84.2 cm³/mol. The highest BCUT2D eigenvalue weighted by Crippen LogP contribution is 2.26. The number of nitrogens with zero attached hydrogens (tertiary/aromatic N) is 2. The molecule has 24 heavy (non-hydrogen) atoms. The Morgan fingerprint density at radius 1 is 1.21 bits per heavy atom. The summed E-state index contributed by atoms with van der Waals surface area (Å²) >= 11 is 0. The Kier molecular flexibility index (Phi) is 5.39. The number of carbonyl (C=O) groups is 1. The molecule has 3 aromatic rings. The van der Waals surface area contributed by atoms with Gasteiger partial charge in [0.1, 0.15) is 23.9 Å². The average Bonchev–Trinajstić information content (AvgIpc) is 2.95. The fourth-order valence-electron chi connectivity index (χ4n) is 2.09. The summed E-state index contributed by atoms with van der Waals surface area (Å²) in [6.45, 7) is 1.98. The van der Waals surface area contributed by atoms with Crippen molar-refractivity contribution in [3.05, 3.63) is 65.3 Å². The SMILES string of the molecule is Cc1onc(-c2ccc(F)cc2)c1COc1ccc(C=O)cn1.O. The standard InChI is InChI=1S/C17H13FN2O3.H2O/c1-11-15(10-22-16-7-2-12(9-21)8-19-16)17(20-23-11)13-3-5-14(18)6-4-13;/h2-9H,10H2,1H3;1H2. The van der Waals surface area contributed by atoms with E-state index in [4.69, 9.17) is 9.26 Å². The number of pyridine rings is 1. The molecule has 0 unspecified atom stereocenters. The van der Waals surface area contributed by atoms with Crippen molar-refractivity contribution >= 4 is 6.29 Å². The Hall–Kier alpha value is -3.06. The minimum absolute atomic E-state index is 0. The number of hydrogen-bond acceptors (Lipinski definition) is 5. The van der Waals surface area contributed by atoms with Crippen LogP contribution in [0.1, 0.15) is 21.7 Å². The number of carbonyl (C=O) groups excluding carboxylic acids is 1. The van der Waals surface area contributed by atoms with Crippen LogP contribution in [-0.2, 0) is 6.61 Å². The van der Waals surface area contributed by atoms with Gasteiger partial charge in [-0.2, -0.15) is 0 Å². The third kappa shape index (κ3) is 3.64. The summed E-state index contributed by atoms with van der Waals surface area (Å²) < 4.78 is 23.9. The third-order valence-corrected chi connectivity index (χ3v) is 3.36. The van der Waals surface area contributed by atoms with Crippen LogP contribution >= 0.6 is 0 Å². The summed E-state index contributed by atoms with van der Waals surface area (Å²) in [4.78, 5) is 14.6. The highest BCUT2D eigenvalue weighted by Gasteiger charge is 2.15. The van der Waals surface area contributed by atoms with Gasteiger partial charge in [0.2, 0.25) is 5.88 Å². The first-order valence-electron chi connectivity index (χ1n) is 6.92. The van der Waals surface area contributed by atoms with Crippen LogP contribution in [0.2, 0.25) is 0 Å². The summed E-state index contributed by atoms with van der Waals surface area (Å²) in [5, 5.41) is 4.01. The number of hydrogen-bond donors (Lipinski definition) is 0. The molecular formula is C17H15FN2O4. The normalized spacial score (nSPS) is 10.1. The van der Waals surface area contributed by atoms with E-state index in [1.807, 2.05) is 0 Å². The van der Waals surface area contributed by atoms with Crippen molar-refractivity contribution in [2.24, 2.45) is 0 Å². The topological polar surface area (TPSA) is 96.7 Å². The fraction of sp³-hybridized carbons (Fsp3) is 0.118. The van der Waals surface area contributed by atoms with Crippen LogP contribution in [-0.4, -0.2) is 21.9 Å². The maximum absolute atomic E-state index is 13.0. The molecule has 124 valence electrons. The molecule has 0 aliphatic carbocycles. The van der Waals surface area contributed by atoms with Crippen LogP contribution < -0.4 is 4.74 Å². The Morgan fingerprint density at radius 3 is 2.58 bits per heavy atom. The number of aldehydes is 1. The summed E-state index contributed by atoms with van der Waals surface area (Å²) in [6.07, 6.45) is 2.15. The summed E-state index contributed by atoms with van der Waals surface area (Å²) in [5.74, 6) is 0.696. The fourth-order valence-corrected chi connectivity index (χ4v) is 2.09. The lowest BCUT2D eigenvalue weighted by Crippen LogP contribution is -2.00. The first-order chi connectivity index (χ1) is 11.2. The van der Waals surface area contributed by atoms with Gasteiger partial charge in [-0.1, -0.05) is 5.16 Å². The minimum Gasteiger partial charge on any atom is -0.473 e. The average molecular weight is 330 g/mol. The molecule has 0 aliphatic heterocycles. The van der Waals surface area contributed by atoms with E-state index in [2.05, 4.69) is 10.1 Å². The van der Waals surface area contributed by atoms with Gasteiger partial charge in [0, 0.05) is 23.4 Å². The second-order valence-corrected chi connectivity index (χ2v) is 4.91. The van der Waals surface area contributed by atoms with E-state index in [0.717, 1.165) is 11.1 Å². The molecule has 0 amide bonds. The zero-order chi connectivity index (χ0) is 16.2. The van der Waals surface area contributed by atoms with E-state index in [1.54, 1.807) is 31.2 Å². The van der Waals surface area contributed by atoms with Crippen molar-refractivity contribution in [1.29, 1.82) is 0 Å². The van der Waals surface area contributed by atoms with Crippen LogP contribution in [0, 0.1) is 12.7 Å². The number of benzene rings is 1. The number of rotatable bonds is 5. The summed E-state index contributed by atoms with van der Waals surface area (Å²) in [5.41, 5.74) is 2.58. The second kappa shape index (κ2) is 7.47. The van der Waals surface area contributed by atoms with Gasteiger partial charge < -0.3 is 14.7 Å². The van der Waals surface area contributed by atoms with E-state index < -0.39 is 0 Å². The first-order valence-corrected chi connectivity index (χ1v) is 6.92. The summed E-state index contributed by atoms with van der Waals surface area (Å²) in [7, 11) is 0. The quantitative estimate of drug-likeness (QED) is 0.670. The van der Waals surface area contributed by atoms with Gasteiger partial charge in [-0.05, 0) is 37.3 Å². The lowest BCUT2D eigenvalue weighted by molar-refractivity contribution is 0.112. The Morgan fingerprint density at radius 2 is 1.96 bits per heavy atom. The molecular weight excluding hydrogens is 315 g/mol. The largest absolute Gasteiger partial charge is 0.473 e. The molecule has 2 aromatic heterocycles. The molecule has 3 rings (SSSR count). The molecule has 2 N–H and O–H groups in total. The predicted octanol–water partition coefficient (Wildman–Crippen LogP) is 2.75. The van der Waals surface area contributed by atoms with Gasteiger partial charge in [0.15, 0.2) is 6.29 Å². The second-order valence-electron chi connectivity index (χ2n) is 4.91. The van der Waals surface area contributed by atoms with Crippen molar-refractivity contribution in [2.45, 2.75) is 13.5 Å². The van der Waals surface area contributed by atoms with Crippen LogP contribution in [0.4, 0.5) is 4.39 Å². The van der Waals surface area contributed by atoms with Gasteiger partial charge in [-0.15, -0.1) is 0 Å². The van der Waals surface area contributed by atoms with Crippen LogP contribution in [0.5, 0.6) is 5.88 Å². The van der Waals surface area contributed by atoms with Crippen molar-refractivity contribution in [1.82, 2.24) is 10.1 Å². The molecule has 0 aliphatic rings. The summed E-state index contributed by atoms with van der Waals surface area (Å²) in [6, 6.07) is 9.23. The van der Waals surface area contributed by atoms with Gasteiger partial charge in [-0.25, -0.2) is 9.37 Å². The molecule has 0 radical (unpaired) electrons. The maximum atomic E-state index is 13.0. The van der Waals surface area contributed by atoms with Gasteiger partial charge in [-0.3, -0.25) is 4.79 Å². The van der Waals surface area contributed by atoms with Crippen LogP contribution in [0.3, 0.4) is 0 Å². The Bertz CT molecular complexity index is 814. The zero-order valence-corrected chi connectivity index (χ0v) is 12.8. The van der Waals surface area contributed by atoms with Crippen LogP contribution in [0.15, 0.2) is 47.1 Å². The van der Waals surface area contributed by atoms with Crippen molar-refractivity contribution < 1.29 is 23.9 Å². The van der Waals surface area contributed by atoms with Crippen molar-refractivity contribution in [3.63, 3.8) is 0 Å². The molecule has 1 aromatic carbocycles. The molecule has 0 spiro atoms. The number of ether oxygens (including phenoxy) is 1. The maximum Gasteiger partial charge on any atom is 0.213 e. The van der Waals surface area contributed by atoms with Gasteiger partial charge in [0.25, 0.3) is 0 Å². The molecule has 0 fully saturated rings. The lowest BCUT2D eigenvalue weighted by atomic mass is 10.1. The van der Waals surface area contributed by atoms with E-state index in [0.29, 0.717) is 29.2 Å². The molecule has 0 bridgehead atoms. The van der Waals surface area contributed by atoms with E-state index in [1.165, 1.54) is 18.3 Å².